The predicted octanol–water partition coefficient (Wildman–Crippen LogP) is 4.68. The van der Waals surface area contributed by atoms with Crippen LogP contribution in [0.4, 0.5) is 0 Å². The Bertz CT molecular complexity index is 439. The van der Waals surface area contributed by atoms with Gasteiger partial charge in [0.25, 0.3) is 0 Å². The maximum Gasteiger partial charge on any atom is 0.0637 e. The summed E-state index contributed by atoms with van der Waals surface area (Å²) in [5, 5.41) is 11.0. The molecule has 1 saturated carbocycles. The van der Waals surface area contributed by atoms with Crippen molar-refractivity contribution in [3.8, 4) is 0 Å². The molecule has 0 saturated heterocycles. The second-order valence-corrected chi connectivity index (χ2v) is 6.89. The van der Waals surface area contributed by atoms with Crippen molar-refractivity contribution in [1.82, 2.24) is 0 Å². The Kier molecular flexibility index (Phi) is 4.45. The number of aliphatic hydroxyl groups excluding tert-OH is 1. The first-order chi connectivity index (χ1) is 9.79. The highest BCUT2D eigenvalue weighted by Crippen LogP contribution is 2.41. The Morgan fingerprint density at radius 3 is 2.85 bits per heavy atom. The van der Waals surface area contributed by atoms with Crippen molar-refractivity contribution in [1.29, 1.82) is 0 Å². The molecular weight excluding hydrogens is 244 g/mol. The van der Waals surface area contributed by atoms with Gasteiger partial charge in [0.1, 0.15) is 0 Å². The maximum absolute atomic E-state index is 11.0. The van der Waals surface area contributed by atoms with E-state index in [-0.39, 0.29) is 6.10 Å². The minimum Gasteiger partial charge on any atom is -0.392 e. The van der Waals surface area contributed by atoms with Crippen molar-refractivity contribution in [2.75, 3.05) is 0 Å². The lowest BCUT2D eigenvalue weighted by Gasteiger charge is -2.37. The molecule has 0 radical (unpaired) electrons. The molecule has 2 aliphatic rings. The van der Waals surface area contributed by atoms with E-state index in [4.69, 9.17) is 0 Å². The lowest BCUT2D eigenvalue weighted by Crippen LogP contribution is -2.33. The number of hydrogen-bond acceptors (Lipinski definition) is 1. The van der Waals surface area contributed by atoms with Crippen LogP contribution in [0.25, 0.3) is 0 Å². The molecule has 0 spiro atoms. The average molecular weight is 272 g/mol. The Balaban J connectivity index is 1.76. The van der Waals surface area contributed by atoms with Crippen molar-refractivity contribution in [2.24, 2.45) is 11.8 Å². The van der Waals surface area contributed by atoms with Gasteiger partial charge in [0.2, 0.25) is 0 Å². The van der Waals surface area contributed by atoms with Crippen molar-refractivity contribution in [2.45, 2.75) is 70.3 Å². The van der Waals surface area contributed by atoms with Crippen LogP contribution in [0.5, 0.6) is 0 Å². The van der Waals surface area contributed by atoms with E-state index in [0.29, 0.717) is 11.8 Å². The fourth-order valence-electron chi connectivity index (χ4n) is 4.49. The van der Waals surface area contributed by atoms with Crippen LogP contribution >= 0.6 is 0 Å². The first kappa shape index (κ1) is 14.1. The maximum atomic E-state index is 11.0. The van der Waals surface area contributed by atoms with Crippen molar-refractivity contribution in [3.05, 3.63) is 35.4 Å². The standard InChI is InChI=1S/C19H28O/c1-2-14-7-5-10-16(13-14)19(20)18-12-6-9-15-8-3-4-11-17(15)18/h3-4,8,11,14,16,18-20H,2,5-7,9-10,12-13H2,1H3. The molecule has 1 fully saturated rings. The quantitative estimate of drug-likeness (QED) is 0.846. The van der Waals surface area contributed by atoms with Gasteiger partial charge in [-0.15, -0.1) is 0 Å². The highest BCUT2D eigenvalue weighted by molar-refractivity contribution is 5.33. The van der Waals surface area contributed by atoms with E-state index in [0.717, 1.165) is 5.92 Å². The van der Waals surface area contributed by atoms with Crippen LogP contribution in [0.2, 0.25) is 0 Å². The smallest absolute Gasteiger partial charge is 0.0637 e. The Morgan fingerprint density at radius 2 is 2.00 bits per heavy atom. The third kappa shape index (κ3) is 2.79. The van der Waals surface area contributed by atoms with Crippen molar-refractivity contribution >= 4 is 0 Å². The fourth-order valence-corrected chi connectivity index (χ4v) is 4.49. The number of fused-ring (bicyclic) bond motifs is 1. The lowest BCUT2D eigenvalue weighted by molar-refractivity contribution is 0.0416. The van der Waals surface area contributed by atoms with Crippen molar-refractivity contribution < 1.29 is 5.11 Å². The van der Waals surface area contributed by atoms with Gasteiger partial charge < -0.3 is 5.11 Å². The Hall–Kier alpha value is -0.820. The number of hydrogen-bond donors (Lipinski definition) is 1. The number of benzene rings is 1. The molecule has 0 aromatic heterocycles. The van der Waals surface area contributed by atoms with Gasteiger partial charge in [0, 0.05) is 5.92 Å². The summed E-state index contributed by atoms with van der Waals surface area (Å²) in [6.07, 6.45) is 9.94. The molecule has 1 N–H and O–H groups in total. The molecule has 0 aliphatic heterocycles. The van der Waals surface area contributed by atoms with Crippen LogP contribution in [-0.2, 0) is 6.42 Å². The molecule has 4 atom stereocenters. The second kappa shape index (κ2) is 6.30. The van der Waals surface area contributed by atoms with E-state index in [1.165, 1.54) is 62.5 Å². The molecule has 2 aliphatic carbocycles. The summed E-state index contributed by atoms with van der Waals surface area (Å²) in [6, 6.07) is 8.79. The van der Waals surface area contributed by atoms with E-state index < -0.39 is 0 Å². The van der Waals surface area contributed by atoms with Gasteiger partial charge in [0.15, 0.2) is 0 Å². The largest absolute Gasteiger partial charge is 0.392 e. The summed E-state index contributed by atoms with van der Waals surface area (Å²) < 4.78 is 0. The number of rotatable bonds is 3. The number of aliphatic hydroxyl groups is 1. The van der Waals surface area contributed by atoms with Gasteiger partial charge in [0.05, 0.1) is 6.10 Å². The third-order valence-corrected chi connectivity index (χ3v) is 5.71. The average Bonchev–Trinajstić information content (AvgIpc) is 2.53. The minimum absolute atomic E-state index is 0.120. The van der Waals surface area contributed by atoms with E-state index in [1.54, 1.807) is 0 Å². The van der Waals surface area contributed by atoms with Gasteiger partial charge in [-0.25, -0.2) is 0 Å². The Morgan fingerprint density at radius 1 is 1.15 bits per heavy atom. The highest BCUT2D eigenvalue weighted by atomic mass is 16.3. The molecule has 4 unspecified atom stereocenters. The van der Waals surface area contributed by atoms with Gasteiger partial charge in [-0.1, -0.05) is 50.5 Å². The van der Waals surface area contributed by atoms with E-state index >= 15 is 0 Å². The van der Waals surface area contributed by atoms with Crippen molar-refractivity contribution in [3.63, 3.8) is 0 Å². The first-order valence-corrected chi connectivity index (χ1v) is 8.55. The molecule has 0 heterocycles. The zero-order valence-electron chi connectivity index (χ0n) is 12.7. The molecule has 3 rings (SSSR count). The zero-order chi connectivity index (χ0) is 13.9. The van der Waals surface area contributed by atoms with Gasteiger partial charge in [-0.3, -0.25) is 0 Å². The topological polar surface area (TPSA) is 20.2 Å². The summed E-state index contributed by atoms with van der Waals surface area (Å²) in [4.78, 5) is 0. The number of aryl methyl sites for hydroxylation is 1. The predicted molar refractivity (Wildman–Crippen MR) is 83.9 cm³/mol. The molecule has 1 aromatic carbocycles. The second-order valence-electron chi connectivity index (χ2n) is 6.89. The van der Waals surface area contributed by atoms with E-state index in [2.05, 4.69) is 31.2 Å². The minimum atomic E-state index is -0.120. The molecule has 1 aromatic rings. The molecule has 0 amide bonds. The van der Waals surface area contributed by atoms with Gasteiger partial charge >= 0.3 is 0 Å². The monoisotopic (exact) mass is 272 g/mol. The fraction of sp³-hybridized carbons (Fsp3) is 0.684. The van der Waals surface area contributed by atoms with Crippen LogP contribution < -0.4 is 0 Å². The first-order valence-electron chi connectivity index (χ1n) is 8.55. The molecule has 0 bridgehead atoms. The summed E-state index contributed by atoms with van der Waals surface area (Å²) >= 11 is 0. The zero-order valence-corrected chi connectivity index (χ0v) is 12.7. The lowest BCUT2D eigenvalue weighted by atomic mass is 9.70. The summed E-state index contributed by atoms with van der Waals surface area (Å²) in [5.41, 5.74) is 2.91. The SMILES string of the molecule is CCC1CCCC(C(O)C2CCCc3ccccc32)C1. The summed E-state index contributed by atoms with van der Waals surface area (Å²) in [6.45, 7) is 2.30. The third-order valence-electron chi connectivity index (χ3n) is 5.71. The Labute approximate surface area is 123 Å². The van der Waals surface area contributed by atoms with Crippen LogP contribution in [0.1, 0.15) is 68.9 Å². The van der Waals surface area contributed by atoms with Crippen LogP contribution in [-0.4, -0.2) is 11.2 Å². The normalized spacial score (nSPS) is 31.6. The molecule has 20 heavy (non-hydrogen) atoms. The molecule has 1 heteroatoms. The van der Waals surface area contributed by atoms with Crippen LogP contribution in [0.3, 0.4) is 0 Å². The van der Waals surface area contributed by atoms with Gasteiger partial charge in [-0.05, 0) is 55.1 Å². The van der Waals surface area contributed by atoms with Crippen LogP contribution in [0, 0.1) is 11.8 Å². The summed E-state index contributed by atoms with van der Waals surface area (Å²) in [7, 11) is 0. The highest BCUT2D eigenvalue weighted by Gasteiger charge is 2.34. The van der Waals surface area contributed by atoms with Crippen LogP contribution in [0.15, 0.2) is 24.3 Å². The molecule has 1 nitrogen and oxygen atoms in total. The van der Waals surface area contributed by atoms with E-state index in [1.807, 2.05) is 0 Å². The molecular formula is C19H28O. The summed E-state index contributed by atoms with van der Waals surface area (Å²) in [5.74, 6) is 1.77. The van der Waals surface area contributed by atoms with E-state index in [9.17, 15) is 5.11 Å². The molecule has 110 valence electrons. The van der Waals surface area contributed by atoms with Gasteiger partial charge in [-0.2, -0.15) is 0 Å².